The predicted molar refractivity (Wildman–Crippen MR) is 110 cm³/mol. The Kier molecular flexibility index (Phi) is 3.53. The van der Waals surface area contributed by atoms with Gasteiger partial charge in [-0.15, -0.1) is 11.3 Å². The normalized spacial score (nSPS) is 12.8. The highest BCUT2D eigenvalue weighted by Gasteiger charge is 2.30. The largest absolute Gasteiger partial charge is 0.303 e. The number of nitrogens with zero attached hydrogens (tertiary/aromatic N) is 4. The first kappa shape index (κ1) is 16.6. The first-order chi connectivity index (χ1) is 13.0. The van der Waals surface area contributed by atoms with Crippen molar-refractivity contribution in [3.05, 3.63) is 58.2 Å². The molecule has 1 aliphatic heterocycles. The zero-order chi connectivity index (χ0) is 18.9. The molecule has 1 aromatic carbocycles. The van der Waals surface area contributed by atoms with E-state index in [-0.39, 0.29) is 0 Å². The van der Waals surface area contributed by atoms with Crippen LogP contribution in [0.25, 0.3) is 27.2 Å². The number of imidazole rings is 1. The lowest BCUT2D eigenvalue weighted by Crippen LogP contribution is -2.32. The van der Waals surface area contributed by atoms with Crippen LogP contribution in [0.2, 0.25) is 0 Å². The van der Waals surface area contributed by atoms with Crippen molar-refractivity contribution in [3.63, 3.8) is 0 Å². The number of aryl methyl sites for hydroxylation is 2. The van der Waals surface area contributed by atoms with Gasteiger partial charge in [-0.05, 0) is 52.9 Å². The second-order valence-corrected chi connectivity index (χ2v) is 8.69. The van der Waals surface area contributed by atoms with Crippen LogP contribution in [0.5, 0.6) is 0 Å². The zero-order valence-corrected chi connectivity index (χ0v) is 17.2. The van der Waals surface area contributed by atoms with Crippen LogP contribution < -0.4 is 4.57 Å². The van der Waals surface area contributed by atoms with Crippen molar-refractivity contribution in [3.8, 4) is 16.9 Å². The highest BCUT2D eigenvalue weighted by atomic mass is 32.1. The van der Waals surface area contributed by atoms with Gasteiger partial charge < -0.3 is 4.57 Å². The van der Waals surface area contributed by atoms with Gasteiger partial charge in [-0.2, -0.15) is 0 Å². The molecule has 3 aromatic heterocycles. The summed E-state index contributed by atoms with van der Waals surface area (Å²) >= 11 is 1.82. The zero-order valence-electron chi connectivity index (χ0n) is 16.4. The van der Waals surface area contributed by atoms with Crippen LogP contribution >= 0.6 is 11.3 Å². The summed E-state index contributed by atoms with van der Waals surface area (Å²) in [4.78, 5) is 9.34. The van der Waals surface area contributed by atoms with Crippen molar-refractivity contribution in [2.45, 2.75) is 40.0 Å². The number of hydrogen-bond donors (Lipinski definition) is 0. The van der Waals surface area contributed by atoms with Crippen molar-refractivity contribution in [1.82, 2.24) is 14.5 Å². The van der Waals surface area contributed by atoms with Crippen molar-refractivity contribution in [2.75, 3.05) is 0 Å². The molecule has 0 N–H and O–H groups in total. The van der Waals surface area contributed by atoms with Gasteiger partial charge in [-0.25, -0.2) is 9.55 Å². The van der Waals surface area contributed by atoms with E-state index in [0.717, 1.165) is 17.8 Å². The predicted octanol–water partition coefficient (Wildman–Crippen LogP) is 4.62. The Bertz CT molecular complexity index is 1210. The van der Waals surface area contributed by atoms with E-state index in [1.807, 2.05) is 23.9 Å². The standard InChI is InChI=1S/C22H23N4S/c1-12(2)16-10-27-22-20(16)24-11-25(5)21(22)19-14(4)13(3)8-17-15(19)9-18-23-6-7-26(17)18/h6-8,10-12H,9H2,1-5H3/q+1. The number of benzene rings is 1. The molecule has 0 amide bonds. The van der Waals surface area contributed by atoms with Crippen molar-refractivity contribution >= 4 is 21.6 Å². The molecule has 5 rings (SSSR count). The van der Waals surface area contributed by atoms with Crippen molar-refractivity contribution < 1.29 is 4.57 Å². The fraction of sp³-hybridized carbons (Fsp3) is 0.318. The van der Waals surface area contributed by atoms with Gasteiger partial charge in [-0.1, -0.05) is 13.8 Å². The van der Waals surface area contributed by atoms with E-state index in [0.29, 0.717) is 5.92 Å². The van der Waals surface area contributed by atoms with Crippen molar-refractivity contribution in [1.29, 1.82) is 0 Å². The number of hydrogen-bond acceptors (Lipinski definition) is 3. The monoisotopic (exact) mass is 375 g/mol. The van der Waals surface area contributed by atoms with E-state index >= 15 is 0 Å². The third-order valence-electron chi connectivity index (χ3n) is 5.82. The summed E-state index contributed by atoms with van der Waals surface area (Å²) in [6.07, 6.45) is 6.82. The summed E-state index contributed by atoms with van der Waals surface area (Å²) in [6.45, 7) is 8.93. The summed E-state index contributed by atoms with van der Waals surface area (Å²) in [5.41, 5.74) is 10.4. The lowest BCUT2D eigenvalue weighted by Gasteiger charge is -2.15. The molecule has 4 nitrogen and oxygen atoms in total. The van der Waals surface area contributed by atoms with E-state index in [9.17, 15) is 0 Å². The summed E-state index contributed by atoms with van der Waals surface area (Å²) in [5, 5.41) is 2.28. The average Bonchev–Trinajstić information content (AvgIpc) is 3.31. The highest BCUT2D eigenvalue weighted by Crippen LogP contribution is 2.42. The van der Waals surface area contributed by atoms with Gasteiger partial charge >= 0.3 is 0 Å². The molecule has 4 heterocycles. The van der Waals surface area contributed by atoms with Crippen LogP contribution in [0.4, 0.5) is 0 Å². The second-order valence-electron chi connectivity index (χ2n) is 7.81. The van der Waals surface area contributed by atoms with Crippen LogP contribution in [0.3, 0.4) is 0 Å². The van der Waals surface area contributed by atoms with Crippen LogP contribution in [0.15, 0.2) is 30.2 Å². The molecule has 0 saturated carbocycles. The SMILES string of the molecule is Cc1cc2c(c(-c3c4scc(C(C)C)c4nc[n+]3C)c1C)Cc1nccn1-2. The molecule has 0 saturated heterocycles. The smallest absolute Gasteiger partial charge is 0.287 e. The minimum absolute atomic E-state index is 0.473. The van der Waals surface area contributed by atoms with Gasteiger partial charge in [-0.3, -0.25) is 0 Å². The quantitative estimate of drug-likeness (QED) is 0.422. The molecule has 4 aromatic rings. The van der Waals surface area contributed by atoms with E-state index in [1.165, 1.54) is 43.9 Å². The lowest BCUT2D eigenvalue weighted by molar-refractivity contribution is -0.662. The maximum atomic E-state index is 4.78. The van der Waals surface area contributed by atoms with Crippen LogP contribution in [-0.2, 0) is 13.5 Å². The van der Waals surface area contributed by atoms with E-state index in [2.05, 4.69) is 66.5 Å². The molecule has 0 aliphatic carbocycles. The molecule has 0 fully saturated rings. The molecular weight excluding hydrogens is 352 g/mol. The summed E-state index contributed by atoms with van der Waals surface area (Å²) in [6, 6.07) is 2.30. The number of aromatic nitrogens is 4. The van der Waals surface area contributed by atoms with Crippen LogP contribution in [0, 0.1) is 13.8 Å². The third-order valence-corrected chi connectivity index (χ3v) is 6.82. The average molecular weight is 376 g/mol. The Hall–Kier alpha value is -2.53. The molecular formula is C22H23N4S+. The third kappa shape index (κ3) is 2.24. The fourth-order valence-electron chi connectivity index (χ4n) is 4.24. The van der Waals surface area contributed by atoms with Gasteiger partial charge in [0.1, 0.15) is 10.5 Å². The minimum atomic E-state index is 0.473. The number of thiophene rings is 1. The highest BCUT2D eigenvalue weighted by molar-refractivity contribution is 7.17. The maximum Gasteiger partial charge on any atom is 0.287 e. The molecule has 1 aliphatic rings. The van der Waals surface area contributed by atoms with Crippen molar-refractivity contribution in [2.24, 2.45) is 7.05 Å². The minimum Gasteiger partial charge on any atom is -0.303 e. The first-order valence-corrected chi connectivity index (χ1v) is 10.3. The van der Waals surface area contributed by atoms with Gasteiger partial charge in [0.25, 0.3) is 6.33 Å². The summed E-state index contributed by atoms with van der Waals surface area (Å²) in [5.74, 6) is 1.60. The first-order valence-electron chi connectivity index (χ1n) is 9.39. The second kappa shape index (κ2) is 5.73. The Labute approximate surface area is 163 Å². The summed E-state index contributed by atoms with van der Waals surface area (Å²) < 4.78 is 5.70. The van der Waals surface area contributed by atoms with E-state index in [4.69, 9.17) is 4.98 Å². The lowest BCUT2D eigenvalue weighted by atomic mass is 9.92. The Morgan fingerprint density at radius 2 is 2.04 bits per heavy atom. The molecule has 0 unspecified atom stereocenters. The Morgan fingerprint density at radius 1 is 1.22 bits per heavy atom. The van der Waals surface area contributed by atoms with Gasteiger partial charge in [0, 0.05) is 29.9 Å². The van der Waals surface area contributed by atoms with Gasteiger partial charge in [0.05, 0.1) is 12.7 Å². The molecule has 27 heavy (non-hydrogen) atoms. The molecule has 0 radical (unpaired) electrons. The molecule has 5 heteroatoms. The topological polar surface area (TPSA) is 34.6 Å². The van der Waals surface area contributed by atoms with E-state index < -0.39 is 0 Å². The number of fused-ring (bicyclic) bond motifs is 4. The molecule has 0 spiro atoms. The Morgan fingerprint density at radius 3 is 2.81 bits per heavy atom. The van der Waals surface area contributed by atoms with E-state index in [1.54, 1.807) is 0 Å². The molecule has 0 atom stereocenters. The van der Waals surface area contributed by atoms with Crippen LogP contribution in [0.1, 0.15) is 47.8 Å². The van der Waals surface area contributed by atoms with Crippen LogP contribution in [-0.4, -0.2) is 14.5 Å². The van der Waals surface area contributed by atoms with Gasteiger partial charge in [0.15, 0.2) is 5.69 Å². The fourth-order valence-corrected chi connectivity index (χ4v) is 5.51. The van der Waals surface area contributed by atoms with Gasteiger partial charge in [0.2, 0.25) is 5.52 Å². The Balaban J connectivity index is 1.88. The molecule has 0 bridgehead atoms. The maximum absolute atomic E-state index is 4.78. The summed E-state index contributed by atoms with van der Waals surface area (Å²) in [7, 11) is 2.11. The molecule has 136 valence electrons. The number of rotatable bonds is 2.